The van der Waals surface area contributed by atoms with Crippen LogP contribution in [0.4, 0.5) is 0 Å². The molecule has 2 heteroatoms. The van der Waals surface area contributed by atoms with Crippen molar-refractivity contribution >= 4 is 11.8 Å². The first-order valence-electron chi connectivity index (χ1n) is 8.09. The fourth-order valence-electron chi connectivity index (χ4n) is 5.08. The topological polar surface area (TPSA) is 12.0 Å². The summed E-state index contributed by atoms with van der Waals surface area (Å²) in [5.74, 6) is 5.68. The molecule has 1 nitrogen and oxygen atoms in total. The summed E-state index contributed by atoms with van der Waals surface area (Å²) >= 11 is 1.99. The molecule has 0 aliphatic heterocycles. The van der Waals surface area contributed by atoms with Gasteiger partial charge in [0.15, 0.2) is 0 Å². The number of thioether (sulfide) groups is 1. The first kappa shape index (κ1) is 13.3. The first-order valence-corrected chi connectivity index (χ1v) is 9.48. The summed E-state index contributed by atoms with van der Waals surface area (Å²) < 4.78 is 0. The molecule has 4 aliphatic carbocycles. The highest BCUT2D eigenvalue weighted by atomic mass is 32.2. The van der Waals surface area contributed by atoms with Gasteiger partial charge in [0, 0.05) is 6.04 Å². The van der Waals surface area contributed by atoms with Crippen LogP contribution in [0.1, 0.15) is 51.4 Å². The molecule has 1 N–H and O–H groups in total. The zero-order valence-electron chi connectivity index (χ0n) is 11.9. The molecule has 0 unspecified atom stereocenters. The second kappa shape index (κ2) is 6.17. The lowest BCUT2D eigenvalue weighted by Crippen LogP contribution is -2.54. The quantitative estimate of drug-likeness (QED) is 0.701. The third kappa shape index (κ3) is 2.90. The van der Waals surface area contributed by atoms with E-state index in [4.69, 9.17) is 0 Å². The van der Waals surface area contributed by atoms with Gasteiger partial charge in [-0.2, -0.15) is 11.8 Å². The van der Waals surface area contributed by atoms with Crippen LogP contribution in [0, 0.1) is 23.7 Å². The Kier molecular flexibility index (Phi) is 4.56. The number of hydrogen-bond acceptors (Lipinski definition) is 2. The minimum Gasteiger partial charge on any atom is -0.313 e. The van der Waals surface area contributed by atoms with E-state index in [0.717, 1.165) is 29.7 Å². The SMILES string of the molecule is CSCCCCCNC1C2CC3CC(C2)CC1C3. The maximum Gasteiger partial charge on any atom is 0.0124 e. The van der Waals surface area contributed by atoms with Crippen LogP contribution < -0.4 is 5.32 Å². The van der Waals surface area contributed by atoms with Crippen molar-refractivity contribution in [2.45, 2.75) is 57.4 Å². The summed E-state index contributed by atoms with van der Waals surface area (Å²) in [6.07, 6.45) is 14.2. The molecular formula is C16H29NS. The molecule has 0 saturated heterocycles. The standard InChI is InChI=1S/C16H29NS/c1-18-6-4-2-3-5-17-16-14-8-12-7-13(10-14)11-15(16)9-12/h12-17H,2-11H2,1H3. The van der Waals surface area contributed by atoms with E-state index >= 15 is 0 Å². The van der Waals surface area contributed by atoms with Crippen molar-refractivity contribution in [1.82, 2.24) is 5.32 Å². The van der Waals surface area contributed by atoms with Crippen LogP contribution in [0.3, 0.4) is 0 Å². The number of unbranched alkanes of at least 4 members (excludes halogenated alkanes) is 2. The highest BCUT2D eigenvalue weighted by molar-refractivity contribution is 7.98. The first-order chi connectivity index (χ1) is 8.86. The summed E-state index contributed by atoms with van der Waals surface area (Å²) in [6, 6.07) is 0.901. The highest BCUT2D eigenvalue weighted by Crippen LogP contribution is 2.53. The molecule has 0 aromatic heterocycles. The van der Waals surface area contributed by atoms with Gasteiger partial charge in [-0.15, -0.1) is 0 Å². The van der Waals surface area contributed by atoms with Gasteiger partial charge < -0.3 is 5.32 Å². The average Bonchev–Trinajstić information content (AvgIpc) is 2.35. The van der Waals surface area contributed by atoms with E-state index in [9.17, 15) is 0 Å². The van der Waals surface area contributed by atoms with Gasteiger partial charge in [-0.05, 0) is 87.2 Å². The van der Waals surface area contributed by atoms with E-state index in [-0.39, 0.29) is 0 Å². The summed E-state index contributed by atoms with van der Waals surface area (Å²) in [5, 5.41) is 3.93. The van der Waals surface area contributed by atoms with Crippen molar-refractivity contribution in [2.24, 2.45) is 23.7 Å². The summed E-state index contributed by atoms with van der Waals surface area (Å²) in [5.41, 5.74) is 0. The van der Waals surface area contributed by atoms with Gasteiger partial charge in [0.25, 0.3) is 0 Å². The molecule has 4 bridgehead atoms. The Bertz CT molecular complexity index is 238. The Morgan fingerprint density at radius 1 is 0.889 bits per heavy atom. The zero-order valence-corrected chi connectivity index (χ0v) is 12.7. The predicted octanol–water partition coefficient (Wildman–Crippen LogP) is 3.93. The summed E-state index contributed by atoms with van der Waals surface area (Å²) in [4.78, 5) is 0. The van der Waals surface area contributed by atoms with Crippen molar-refractivity contribution in [3.63, 3.8) is 0 Å². The lowest BCUT2D eigenvalue weighted by Gasteiger charge is -2.54. The van der Waals surface area contributed by atoms with Crippen molar-refractivity contribution in [2.75, 3.05) is 18.6 Å². The van der Waals surface area contributed by atoms with Gasteiger partial charge in [-0.1, -0.05) is 6.42 Å². The molecule has 0 radical (unpaired) electrons. The number of hydrogen-bond donors (Lipinski definition) is 1. The maximum absolute atomic E-state index is 3.93. The molecule has 0 spiro atoms. The Labute approximate surface area is 117 Å². The molecule has 4 rings (SSSR count). The minimum atomic E-state index is 0.901. The van der Waals surface area contributed by atoms with E-state index in [2.05, 4.69) is 11.6 Å². The van der Waals surface area contributed by atoms with Crippen molar-refractivity contribution < 1.29 is 0 Å². The van der Waals surface area contributed by atoms with Crippen molar-refractivity contribution in [1.29, 1.82) is 0 Å². The molecule has 18 heavy (non-hydrogen) atoms. The molecule has 4 saturated carbocycles. The summed E-state index contributed by atoms with van der Waals surface area (Å²) in [6.45, 7) is 1.28. The van der Waals surface area contributed by atoms with Gasteiger partial charge >= 0.3 is 0 Å². The number of nitrogens with one attached hydrogen (secondary N) is 1. The van der Waals surface area contributed by atoms with Gasteiger partial charge in [0.05, 0.1) is 0 Å². The minimum absolute atomic E-state index is 0.901. The Balaban J connectivity index is 1.38. The molecule has 4 fully saturated rings. The van der Waals surface area contributed by atoms with Crippen molar-refractivity contribution in [3.8, 4) is 0 Å². The normalized spacial score (nSPS) is 41.5. The molecule has 0 aromatic carbocycles. The van der Waals surface area contributed by atoms with E-state index < -0.39 is 0 Å². The average molecular weight is 267 g/mol. The predicted molar refractivity (Wildman–Crippen MR) is 81.1 cm³/mol. The molecule has 104 valence electrons. The van der Waals surface area contributed by atoms with Crippen molar-refractivity contribution in [3.05, 3.63) is 0 Å². The Morgan fingerprint density at radius 2 is 1.56 bits per heavy atom. The molecular weight excluding hydrogens is 238 g/mol. The largest absolute Gasteiger partial charge is 0.313 e. The van der Waals surface area contributed by atoms with Gasteiger partial charge in [-0.25, -0.2) is 0 Å². The Hall–Kier alpha value is 0.310. The maximum atomic E-state index is 3.93. The lowest BCUT2D eigenvalue weighted by atomic mass is 9.54. The molecule has 4 aliphatic rings. The van der Waals surface area contributed by atoms with Gasteiger partial charge in [-0.3, -0.25) is 0 Å². The van der Waals surface area contributed by atoms with Crippen LogP contribution in [0.5, 0.6) is 0 Å². The van der Waals surface area contributed by atoms with E-state index in [0.29, 0.717) is 0 Å². The van der Waals surface area contributed by atoms with Crippen LogP contribution in [0.15, 0.2) is 0 Å². The van der Waals surface area contributed by atoms with E-state index in [1.54, 1.807) is 32.1 Å². The monoisotopic (exact) mass is 267 g/mol. The Morgan fingerprint density at radius 3 is 2.17 bits per heavy atom. The lowest BCUT2D eigenvalue weighted by molar-refractivity contribution is -0.0135. The molecule has 0 amide bonds. The molecule has 0 heterocycles. The van der Waals surface area contributed by atoms with E-state index in [1.165, 1.54) is 31.6 Å². The summed E-state index contributed by atoms with van der Waals surface area (Å²) in [7, 11) is 0. The third-order valence-electron chi connectivity index (χ3n) is 5.63. The molecule has 0 atom stereocenters. The fourth-order valence-corrected chi connectivity index (χ4v) is 5.57. The van der Waals surface area contributed by atoms with Crippen LogP contribution in [0.25, 0.3) is 0 Å². The fraction of sp³-hybridized carbons (Fsp3) is 1.00. The van der Waals surface area contributed by atoms with E-state index in [1.807, 2.05) is 11.8 Å². The second-order valence-electron chi connectivity index (χ2n) is 6.96. The highest BCUT2D eigenvalue weighted by Gasteiger charge is 2.47. The molecule has 0 aromatic rings. The van der Waals surface area contributed by atoms with Crippen LogP contribution >= 0.6 is 11.8 Å². The second-order valence-corrected chi connectivity index (χ2v) is 7.95. The van der Waals surface area contributed by atoms with Gasteiger partial charge in [0.1, 0.15) is 0 Å². The van der Waals surface area contributed by atoms with Crippen LogP contribution in [0.2, 0.25) is 0 Å². The van der Waals surface area contributed by atoms with Crippen LogP contribution in [-0.2, 0) is 0 Å². The smallest absolute Gasteiger partial charge is 0.0124 e. The number of rotatable bonds is 7. The zero-order chi connectivity index (χ0) is 12.4. The van der Waals surface area contributed by atoms with Gasteiger partial charge in [0.2, 0.25) is 0 Å². The van der Waals surface area contributed by atoms with Crippen LogP contribution in [-0.4, -0.2) is 24.6 Å². The third-order valence-corrected chi connectivity index (χ3v) is 6.33.